The highest BCUT2D eigenvalue weighted by Crippen LogP contribution is 2.24. The molecule has 0 saturated heterocycles. The van der Waals surface area contributed by atoms with Crippen molar-refractivity contribution < 1.29 is 13.2 Å². The number of nitrogens with zero attached hydrogens (tertiary/aromatic N) is 1. The molecule has 2 rings (SSSR count). The minimum absolute atomic E-state index is 0.0813. The van der Waals surface area contributed by atoms with Crippen LogP contribution >= 0.6 is 0 Å². The standard InChI is InChI=1S/C25H36N2O3S/c1-7-20-10-16-23(17-11-20)27(31(6,29)30)18-8-9-24(28)26-19(2)21-12-14-22(15-13-21)25(3,4)5/h10-17,19H,7-9,18H2,1-6H3,(H,26,28)/t19-/m1/s1. The molecule has 0 aliphatic rings. The van der Waals surface area contributed by atoms with Crippen LogP contribution in [0.5, 0.6) is 0 Å². The molecule has 0 aliphatic carbocycles. The van der Waals surface area contributed by atoms with Gasteiger partial charge in [-0.1, -0.05) is 64.1 Å². The van der Waals surface area contributed by atoms with Gasteiger partial charge in [-0.3, -0.25) is 9.10 Å². The SMILES string of the molecule is CCc1ccc(N(CCCC(=O)N[C@H](C)c2ccc(C(C)(C)C)cc2)S(C)(=O)=O)cc1. The first-order valence-corrected chi connectivity index (χ1v) is 12.7. The van der Waals surface area contributed by atoms with Crippen molar-refractivity contribution in [2.75, 3.05) is 17.1 Å². The minimum atomic E-state index is -3.42. The lowest BCUT2D eigenvalue weighted by molar-refractivity contribution is -0.121. The van der Waals surface area contributed by atoms with Crippen molar-refractivity contribution in [3.05, 3.63) is 65.2 Å². The Bertz CT molecular complexity index is 959. The summed E-state index contributed by atoms with van der Waals surface area (Å²) < 4.78 is 25.9. The van der Waals surface area contributed by atoms with Crippen LogP contribution in [0.2, 0.25) is 0 Å². The molecule has 0 heterocycles. The largest absolute Gasteiger partial charge is 0.350 e. The molecule has 31 heavy (non-hydrogen) atoms. The van der Waals surface area contributed by atoms with E-state index < -0.39 is 10.0 Å². The van der Waals surface area contributed by atoms with Gasteiger partial charge < -0.3 is 5.32 Å². The quantitative estimate of drug-likeness (QED) is 0.594. The van der Waals surface area contributed by atoms with Gasteiger partial charge in [0.1, 0.15) is 0 Å². The minimum Gasteiger partial charge on any atom is -0.350 e. The fourth-order valence-corrected chi connectivity index (χ4v) is 4.40. The van der Waals surface area contributed by atoms with Crippen LogP contribution in [-0.4, -0.2) is 27.1 Å². The molecule has 0 bridgehead atoms. The molecule has 0 aliphatic heterocycles. The van der Waals surface area contributed by atoms with Crippen LogP contribution in [0.3, 0.4) is 0 Å². The van der Waals surface area contributed by atoms with Gasteiger partial charge in [-0.2, -0.15) is 0 Å². The van der Waals surface area contributed by atoms with E-state index in [2.05, 4.69) is 57.3 Å². The number of nitrogens with one attached hydrogen (secondary N) is 1. The third-order valence-electron chi connectivity index (χ3n) is 5.45. The highest BCUT2D eigenvalue weighted by Gasteiger charge is 2.18. The Morgan fingerprint density at radius 3 is 2.10 bits per heavy atom. The van der Waals surface area contributed by atoms with Crippen molar-refractivity contribution >= 4 is 21.6 Å². The molecule has 1 N–H and O–H groups in total. The van der Waals surface area contributed by atoms with E-state index in [1.54, 1.807) is 0 Å². The van der Waals surface area contributed by atoms with Crippen LogP contribution in [0.25, 0.3) is 0 Å². The average molecular weight is 445 g/mol. The van der Waals surface area contributed by atoms with Gasteiger partial charge in [0.2, 0.25) is 15.9 Å². The maximum absolute atomic E-state index is 12.4. The molecule has 2 aromatic carbocycles. The maximum atomic E-state index is 12.4. The summed E-state index contributed by atoms with van der Waals surface area (Å²) in [4.78, 5) is 12.4. The molecule has 1 atom stereocenters. The van der Waals surface area contributed by atoms with E-state index in [1.807, 2.05) is 31.2 Å². The monoisotopic (exact) mass is 444 g/mol. The topological polar surface area (TPSA) is 66.5 Å². The Kier molecular flexibility index (Phi) is 8.29. The maximum Gasteiger partial charge on any atom is 0.232 e. The summed E-state index contributed by atoms with van der Waals surface area (Å²) in [5.41, 5.74) is 4.18. The van der Waals surface area contributed by atoms with E-state index in [-0.39, 0.29) is 30.3 Å². The van der Waals surface area contributed by atoms with Gasteiger partial charge in [-0.15, -0.1) is 0 Å². The number of hydrogen-bond donors (Lipinski definition) is 1. The zero-order valence-corrected chi connectivity index (χ0v) is 20.4. The lowest BCUT2D eigenvalue weighted by Crippen LogP contribution is -2.32. The fraction of sp³-hybridized carbons (Fsp3) is 0.480. The Balaban J connectivity index is 1.92. The van der Waals surface area contributed by atoms with Crippen LogP contribution in [0.1, 0.15) is 70.2 Å². The zero-order valence-electron chi connectivity index (χ0n) is 19.6. The molecule has 0 fully saturated rings. The fourth-order valence-electron chi connectivity index (χ4n) is 3.44. The number of anilines is 1. The highest BCUT2D eigenvalue weighted by molar-refractivity contribution is 7.92. The summed E-state index contributed by atoms with van der Waals surface area (Å²) in [5, 5.41) is 3.01. The van der Waals surface area contributed by atoms with Crippen LogP contribution in [0, 0.1) is 0 Å². The molecule has 6 heteroatoms. The third-order valence-corrected chi connectivity index (χ3v) is 6.65. The van der Waals surface area contributed by atoms with Gasteiger partial charge in [0, 0.05) is 13.0 Å². The number of hydrogen-bond acceptors (Lipinski definition) is 3. The summed E-state index contributed by atoms with van der Waals surface area (Å²) in [7, 11) is -3.42. The van der Waals surface area contributed by atoms with E-state index in [1.165, 1.54) is 16.1 Å². The zero-order chi connectivity index (χ0) is 23.2. The van der Waals surface area contributed by atoms with Crippen molar-refractivity contribution in [3.8, 4) is 0 Å². The summed E-state index contributed by atoms with van der Waals surface area (Å²) in [6.07, 6.45) is 2.81. The molecule has 0 spiro atoms. The van der Waals surface area contributed by atoms with Gasteiger partial charge in [0.05, 0.1) is 18.0 Å². The Morgan fingerprint density at radius 2 is 1.61 bits per heavy atom. The first-order valence-electron chi connectivity index (χ1n) is 10.9. The van der Waals surface area contributed by atoms with Crippen molar-refractivity contribution in [2.24, 2.45) is 0 Å². The lowest BCUT2D eigenvalue weighted by Gasteiger charge is -2.23. The van der Waals surface area contributed by atoms with E-state index >= 15 is 0 Å². The molecule has 0 radical (unpaired) electrons. The van der Waals surface area contributed by atoms with Gasteiger partial charge in [-0.25, -0.2) is 8.42 Å². The van der Waals surface area contributed by atoms with E-state index in [0.29, 0.717) is 12.1 Å². The Hall–Kier alpha value is -2.34. The van der Waals surface area contributed by atoms with Gasteiger partial charge in [-0.05, 0) is 54.0 Å². The van der Waals surface area contributed by atoms with E-state index in [4.69, 9.17) is 0 Å². The molecule has 170 valence electrons. The molecule has 0 saturated carbocycles. The molecule has 2 aromatic rings. The smallest absolute Gasteiger partial charge is 0.232 e. The summed E-state index contributed by atoms with van der Waals surface area (Å²) in [6, 6.07) is 15.7. The summed E-state index contributed by atoms with van der Waals surface area (Å²) in [6.45, 7) is 10.8. The average Bonchev–Trinajstić information content (AvgIpc) is 2.70. The van der Waals surface area contributed by atoms with Crippen molar-refractivity contribution in [2.45, 2.75) is 65.3 Å². The van der Waals surface area contributed by atoms with Crippen LogP contribution in [0.4, 0.5) is 5.69 Å². The molecule has 1 amide bonds. The number of amides is 1. The summed E-state index contributed by atoms with van der Waals surface area (Å²) in [5.74, 6) is -0.0813. The van der Waals surface area contributed by atoms with Crippen LogP contribution in [0.15, 0.2) is 48.5 Å². The molecule has 5 nitrogen and oxygen atoms in total. The van der Waals surface area contributed by atoms with Crippen molar-refractivity contribution in [3.63, 3.8) is 0 Å². The van der Waals surface area contributed by atoms with Crippen LogP contribution in [-0.2, 0) is 26.7 Å². The highest BCUT2D eigenvalue weighted by atomic mass is 32.2. The Labute approximate surface area is 187 Å². The summed E-state index contributed by atoms with van der Waals surface area (Å²) >= 11 is 0. The molecular weight excluding hydrogens is 408 g/mol. The first-order chi connectivity index (χ1) is 14.4. The molecule has 0 unspecified atom stereocenters. The lowest BCUT2D eigenvalue weighted by atomic mass is 9.86. The number of aryl methyl sites for hydroxylation is 1. The molecule has 0 aromatic heterocycles. The van der Waals surface area contributed by atoms with Crippen LogP contribution < -0.4 is 9.62 Å². The predicted octanol–water partition coefficient (Wildman–Crippen LogP) is 4.97. The first kappa shape index (κ1) is 24.9. The van der Waals surface area contributed by atoms with Gasteiger partial charge in [0.15, 0.2) is 0 Å². The molecular formula is C25H36N2O3S. The predicted molar refractivity (Wildman–Crippen MR) is 129 cm³/mol. The number of benzene rings is 2. The second kappa shape index (κ2) is 10.3. The number of carbonyl (C=O) groups excluding carboxylic acids is 1. The number of sulfonamides is 1. The number of rotatable bonds is 9. The van der Waals surface area contributed by atoms with Crippen molar-refractivity contribution in [1.82, 2.24) is 5.32 Å². The Morgan fingerprint density at radius 1 is 1.03 bits per heavy atom. The normalized spacial score (nSPS) is 13.0. The van der Waals surface area contributed by atoms with Crippen molar-refractivity contribution in [1.29, 1.82) is 0 Å². The second-order valence-corrected chi connectivity index (χ2v) is 11.0. The third kappa shape index (κ3) is 7.39. The second-order valence-electron chi connectivity index (χ2n) is 9.12. The van der Waals surface area contributed by atoms with Gasteiger partial charge >= 0.3 is 0 Å². The number of carbonyl (C=O) groups is 1. The van der Waals surface area contributed by atoms with Gasteiger partial charge in [0.25, 0.3) is 0 Å². The van der Waals surface area contributed by atoms with E-state index in [0.717, 1.165) is 17.5 Å². The van der Waals surface area contributed by atoms with E-state index in [9.17, 15) is 13.2 Å².